The van der Waals surface area contributed by atoms with Crippen LogP contribution in [0.3, 0.4) is 0 Å². The first-order valence-corrected chi connectivity index (χ1v) is 7.85. The first-order valence-electron chi connectivity index (χ1n) is 7.85. The molecule has 1 aliphatic rings. The lowest BCUT2D eigenvalue weighted by Crippen LogP contribution is -2.35. The third kappa shape index (κ3) is 3.58. The van der Waals surface area contributed by atoms with E-state index in [4.69, 9.17) is 5.73 Å². The minimum absolute atomic E-state index is 0.0190. The van der Waals surface area contributed by atoms with Gasteiger partial charge in [-0.15, -0.1) is 0 Å². The van der Waals surface area contributed by atoms with Gasteiger partial charge in [-0.1, -0.05) is 31.0 Å². The number of rotatable bonds is 4. The summed E-state index contributed by atoms with van der Waals surface area (Å²) in [6.07, 6.45) is 4.95. The number of hydrogen-bond donors (Lipinski definition) is 1. The second kappa shape index (κ2) is 7.19. The van der Waals surface area contributed by atoms with E-state index >= 15 is 0 Å². The molecule has 1 aromatic carbocycles. The largest absolute Gasteiger partial charge is 0.329 e. The quantitative estimate of drug-likeness (QED) is 0.911. The Morgan fingerprint density at radius 1 is 1.35 bits per heavy atom. The van der Waals surface area contributed by atoms with Crippen molar-refractivity contribution in [3.05, 3.63) is 35.1 Å². The fourth-order valence-electron chi connectivity index (χ4n) is 3.30. The fraction of sp³-hybridized carbons (Fsp3) is 0.647. The van der Waals surface area contributed by atoms with Crippen LogP contribution >= 0.6 is 0 Å². The maximum absolute atomic E-state index is 14.1. The van der Waals surface area contributed by atoms with E-state index in [2.05, 4.69) is 11.8 Å². The molecule has 0 spiro atoms. The van der Waals surface area contributed by atoms with E-state index in [1.165, 1.54) is 25.7 Å². The lowest BCUT2D eigenvalue weighted by Gasteiger charge is -2.30. The Balaban J connectivity index is 2.17. The summed E-state index contributed by atoms with van der Waals surface area (Å²) >= 11 is 0. The van der Waals surface area contributed by atoms with E-state index < -0.39 is 0 Å². The minimum atomic E-state index is -0.123. The maximum Gasteiger partial charge on any atom is 0.128 e. The highest BCUT2D eigenvalue weighted by Crippen LogP contribution is 2.28. The van der Waals surface area contributed by atoms with Gasteiger partial charge in [0.25, 0.3) is 0 Å². The summed E-state index contributed by atoms with van der Waals surface area (Å²) < 4.78 is 14.1. The number of benzene rings is 1. The SMILES string of the molecule is CCC1CCCN(C(CN)c2cc(C)ccc2F)CC1. The van der Waals surface area contributed by atoms with Gasteiger partial charge >= 0.3 is 0 Å². The van der Waals surface area contributed by atoms with Crippen LogP contribution in [0.4, 0.5) is 4.39 Å². The normalized spacial score (nSPS) is 22.5. The van der Waals surface area contributed by atoms with Crippen LogP contribution in [0.1, 0.15) is 49.8 Å². The number of likely N-dealkylation sites (tertiary alicyclic amines) is 1. The third-order valence-electron chi connectivity index (χ3n) is 4.63. The number of nitrogens with zero attached hydrogens (tertiary/aromatic N) is 1. The van der Waals surface area contributed by atoms with E-state index in [0.717, 1.165) is 30.1 Å². The van der Waals surface area contributed by atoms with Crippen molar-refractivity contribution >= 4 is 0 Å². The zero-order valence-electron chi connectivity index (χ0n) is 12.7. The first-order chi connectivity index (χ1) is 9.65. The van der Waals surface area contributed by atoms with Crippen molar-refractivity contribution in [1.29, 1.82) is 0 Å². The lowest BCUT2D eigenvalue weighted by molar-refractivity contribution is 0.203. The highest BCUT2D eigenvalue weighted by molar-refractivity contribution is 5.27. The molecule has 112 valence electrons. The Morgan fingerprint density at radius 2 is 2.15 bits per heavy atom. The summed E-state index contributed by atoms with van der Waals surface area (Å²) in [6.45, 7) is 6.82. The monoisotopic (exact) mass is 278 g/mol. The lowest BCUT2D eigenvalue weighted by atomic mass is 9.98. The van der Waals surface area contributed by atoms with E-state index in [0.29, 0.717) is 6.54 Å². The maximum atomic E-state index is 14.1. The molecule has 0 saturated carbocycles. The molecule has 2 atom stereocenters. The summed E-state index contributed by atoms with van der Waals surface area (Å²) in [5.41, 5.74) is 7.83. The van der Waals surface area contributed by atoms with Gasteiger partial charge in [-0.3, -0.25) is 4.90 Å². The zero-order chi connectivity index (χ0) is 14.5. The van der Waals surface area contributed by atoms with Gasteiger partial charge in [0, 0.05) is 18.2 Å². The highest BCUT2D eigenvalue weighted by atomic mass is 19.1. The van der Waals surface area contributed by atoms with Crippen molar-refractivity contribution in [2.45, 2.75) is 45.6 Å². The predicted octanol–water partition coefficient (Wildman–Crippen LogP) is 3.65. The van der Waals surface area contributed by atoms with Gasteiger partial charge in [0.2, 0.25) is 0 Å². The summed E-state index contributed by atoms with van der Waals surface area (Å²) in [5, 5.41) is 0. The topological polar surface area (TPSA) is 29.3 Å². The van der Waals surface area contributed by atoms with E-state index in [1.807, 2.05) is 19.1 Å². The number of halogens is 1. The molecule has 1 aliphatic heterocycles. The summed E-state index contributed by atoms with van der Waals surface area (Å²) in [7, 11) is 0. The van der Waals surface area contributed by atoms with Gasteiger partial charge < -0.3 is 5.73 Å². The molecule has 1 fully saturated rings. The minimum Gasteiger partial charge on any atom is -0.329 e. The molecule has 0 aliphatic carbocycles. The Kier molecular flexibility index (Phi) is 5.55. The molecule has 0 amide bonds. The summed E-state index contributed by atoms with van der Waals surface area (Å²) in [6, 6.07) is 5.36. The van der Waals surface area contributed by atoms with Crippen molar-refractivity contribution in [2.24, 2.45) is 11.7 Å². The molecule has 1 aromatic rings. The third-order valence-corrected chi connectivity index (χ3v) is 4.63. The molecule has 20 heavy (non-hydrogen) atoms. The van der Waals surface area contributed by atoms with Crippen molar-refractivity contribution < 1.29 is 4.39 Å². The van der Waals surface area contributed by atoms with E-state index in [-0.39, 0.29) is 11.9 Å². The standard InChI is InChI=1S/C17H27FN2/c1-3-14-5-4-9-20(10-8-14)17(12-19)15-11-13(2)6-7-16(15)18/h6-7,11,14,17H,3-5,8-10,12,19H2,1-2H3. The Morgan fingerprint density at radius 3 is 2.85 bits per heavy atom. The molecule has 2 N–H and O–H groups in total. The van der Waals surface area contributed by atoms with Crippen LogP contribution < -0.4 is 5.73 Å². The number of hydrogen-bond acceptors (Lipinski definition) is 2. The van der Waals surface area contributed by atoms with Gasteiger partial charge in [0.1, 0.15) is 5.82 Å². The second-order valence-corrected chi connectivity index (χ2v) is 6.02. The molecule has 2 rings (SSSR count). The highest BCUT2D eigenvalue weighted by Gasteiger charge is 2.24. The number of aryl methyl sites for hydroxylation is 1. The molecule has 3 heteroatoms. The van der Waals surface area contributed by atoms with Crippen LogP contribution in [-0.2, 0) is 0 Å². The zero-order valence-corrected chi connectivity index (χ0v) is 12.7. The van der Waals surface area contributed by atoms with Crippen LogP contribution in [0, 0.1) is 18.7 Å². The molecule has 2 nitrogen and oxygen atoms in total. The van der Waals surface area contributed by atoms with Crippen molar-refractivity contribution in [2.75, 3.05) is 19.6 Å². The predicted molar refractivity (Wildman–Crippen MR) is 82.1 cm³/mol. The van der Waals surface area contributed by atoms with Crippen LogP contribution in [0.25, 0.3) is 0 Å². The Labute approximate surface area is 122 Å². The molecule has 0 aromatic heterocycles. The fourth-order valence-corrected chi connectivity index (χ4v) is 3.30. The summed E-state index contributed by atoms with van der Waals surface area (Å²) in [4.78, 5) is 2.38. The van der Waals surface area contributed by atoms with Gasteiger partial charge in [-0.25, -0.2) is 4.39 Å². The van der Waals surface area contributed by atoms with Gasteiger partial charge in [0.05, 0.1) is 0 Å². The van der Waals surface area contributed by atoms with Crippen molar-refractivity contribution in [1.82, 2.24) is 4.90 Å². The van der Waals surface area contributed by atoms with Crippen LogP contribution in [0.5, 0.6) is 0 Å². The van der Waals surface area contributed by atoms with Gasteiger partial charge in [0.15, 0.2) is 0 Å². The molecule has 1 heterocycles. The number of nitrogens with two attached hydrogens (primary N) is 1. The van der Waals surface area contributed by atoms with Crippen LogP contribution in [0.15, 0.2) is 18.2 Å². The Hall–Kier alpha value is -0.930. The molecular weight excluding hydrogens is 251 g/mol. The van der Waals surface area contributed by atoms with Crippen LogP contribution in [0.2, 0.25) is 0 Å². The van der Waals surface area contributed by atoms with Crippen molar-refractivity contribution in [3.63, 3.8) is 0 Å². The second-order valence-electron chi connectivity index (χ2n) is 6.02. The summed E-state index contributed by atoms with van der Waals surface area (Å²) in [5.74, 6) is 0.697. The van der Waals surface area contributed by atoms with Crippen LogP contribution in [-0.4, -0.2) is 24.5 Å². The first kappa shape index (κ1) is 15.5. The smallest absolute Gasteiger partial charge is 0.128 e. The van der Waals surface area contributed by atoms with Gasteiger partial charge in [-0.2, -0.15) is 0 Å². The van der Waals surface area contributed by atoms with E-state index in [1.54, 1.807) is 6.07 Å². The molecule has 0 radical (unpaired) electrons. The molecule has 2 unspecified atom stereocenters. The molecule has 1 saturated heterocycles. The van der Waals surface area contributed by atoms with E-state index in [9.17, 15) is 4.39 Å². The average molecular weight is 278 g/mol. The molecular formula is C17H27FN2. The van der Waals surface area contributed by atoms with Crippen molar-refractivity contribution in [3.8, 4) is 0 Å². The van der Waals surface area contributed by atoms with Gasteiger partial charge in [-0.05, 0) is 51.3 Å². The average Bonchev–Trinajstić information content (AvgIpc) is 2.69. The molecule has 0 bridgehead atoms. The Bertz CT molecular complexity index is 433.